The normalized spacial score (nSPS) is 10.1. The molecule has 1 aromatic heterocycles. The van der Waals surface area contributed by atoms with Crippen molar-refractivity contribution < 1.29 is 9.53 Å². The van der Waals surface area contributed by atoms with E-state index >= 15 is 0 Å². The van der Waals surface area contributed by atoms with E-state index in [1.165, 1.54) is 6.20 Å². The van der Waals surface area contributed by atoms with Crippen molar-refractivity contribution in [1.29, 1.82) is 0 Å². The van der Waals surface area contributed by atoms with Crippen LogP contribution in [0.15, 0.2) is 30.5 Å². The van der Waals surface area contributed by atoms with Crippen LogP contribution in [-0.4, -0.2) is 27.8 Å². The second-order valence-corrected chi connectivity index (χ2v) is 3.50. The van der Waals surface area contributed by atoms with Crippen LogP contribution in [0, 0.1) is 0 Å². The summed E-state index contributed by atoms with van der Waals surface area (Å²) in [6, 6.07) is 6.86. The van der Waals surface area contributed by atoms with Gasteiger partial charge >= 0.3 is 5.97 Å². The molecule has 0 radical (unpaired) electrons. The lowest BCUT2D eigenvalue weighted by atomic mass is 10.1. The molecule has 0 unspecified atom stereocenters. The molecule has 6 nitrogen and oxygen atoms in total. The lowest BCUT2D eigenvalue weighted by molar-refractivity contribution is 0.0526. The Kier molecular flexibility index (Phi) is 3.47. The van der Waals surface area contributed by atoms with E-state index < -0.39 is 0 Å². The van der Waals surface area contributed by atoms with Gasteiger partial charge in [0.05, 0.1) is 24.1 Å². The molecule has 0 bridgehead atoms. The van der Waals surface area contributed by atoms with Crippen LogP contribution in [0.5, 0.6) is 0 Å². The SMILES string of the molecule is CCOC(=O)c1ccc(-c2cnnc(N)n2)cc1. The highest BCUT2D eigenvalue weighted by Gasteiger charge is 2.07. The van der Waals surface area contributed by atoms with E-state index in [1.54, 1.807) is 31.2 Å². The van der Waals surface area contributed by atoms with E-state index in [1.807, 2.05) is 0 Å². The van der Waals surface area contributed by atoms with E-state index in [0.29, 0.717) is 17.9 Å². The van der Waals surface area contributed by atoms with Crippen LogP contribution in [-0.2, 0) is 4.74 Å². The van der Waals surface area contributed by atoms with Gasteiger partial charge in [-0.05, 0) is 19.1 Å². The van der Waals surface area contributed by atoms with Gasteiger partial charge in [-0.15, -0.1) is 5.10 Å². The van der Waals surface area contributed by atoms with E-state index in [2.05, 4.69) is 15.2 Å². The van der Waals surface area contributed by atoms with Gasteiger partial charge in [0.25, 0.3) is 0 Å². The van der Waals surface area contributed by atoms with Crippen LogP contribution < -0.4 is 5.73 Å². The highest BCUT2D eigenvalue weighted by molar-refractivity contribution is 5.89. The summed E-state index contributed by atoms with van der Waals surface area (Å²) >= 11 is 0. The summed E-state index contributed by atoms with van der Waals surface area (Å²) in [5, 5.41) is 7.30. The average molecular weight is 244 g/mol. The molecule has 0 saturated carbocycles. The molecule has 0 fully saturated rings. The smallest absolute Gasteiger partial charge is 0.338 e. The number of nitrogens with zero attached hydrogens (tertiary/aromatic N) is 3. The largest absolute Gasteiger partial charge is 0.462 e. The summed E-state index contributed by atoms with van der Waals surface area (Å²) in [6.45, 7) is 2.12. The highest BCUT2D eigenvalue weighted by atomic mass is 16.5. The molecule has 0 amide bonds. The van der Waals surface area contributed by atoms with E-state index in [9.17, 15) is 4.79 Å². The molecule has 1 aromatic carbocycles. The van der Waals surface area contributed by atoms with Gasteiger partial charge < -0.3 is 10.5 Å². The lowest BCUT2D eigenvalue weighted by Gasteiger charge is -2.03. The first-order valence-electron chi connectivity index (χ1n) is 5.43. The third-order valence-corrected chi connectivity index (χ3v) is 2.27. The number of carbonyl (C=O) groups excluding carboxylic acids is 1. The third kappa shape index (κ3) is 2.60. The first kappa shape index (κ1) is 12.0. The number of hydrogen-bond acceptors (Lipinski definition) is 6. The summed E-state index contributed by atoms with van der Waals surface area (Å²) in [5.41, 5.74) is 7.37. The van der Waals surface area contributed by atoms with Gasteiger partial charge in [0.1, 0.15) is 0 Å². The molecule has 0 aliphatic rings. The molecule has 0 spiro atoms. The van der Waals surface area contributed by atoms with Crippen molar-refractivity contribution in [2.45, 2.75) is 6.92 Å². The van der Waals surface area contributed by atoms with Gasteiger partial charge in [-0.2, -0.15) is 5.10 Å². The second kappa shape index (κ2) is 5.22. The molecule has 92 valence electrons. The minimum atomic E-state index is -0.343. The number of aromatic nitrogens is 3. The number of hydrogen-bond donors (Lipinski definition) is 1. The fourth-order valence-corrected chi connectivity index (χ4v) is 1.45. The van der Waals surface area contributed by atoms with Crippen molar-refractivity contribution in [1.82, 2.24) is 15.2 Å². The van der Waals surface area contributed by atoms with Crippen molar-refractivity contribution in [2.75, 3.05) is 12.3 Å². The first-order chi connectivity index (χ1) is 8.70. The van der Waals surface area contributed by atoms with Crippen molar-refractivity contribution in [3.05, 3.63) is 36.0 Å². The van der Waals surface area contributed by atoms with Gasteiger partial charge in [-0.25, -0.2) is 9.78 Å². The number of ether oxygens (including phenoxy) is 1. The molecule has 6 heteroatoms. The number of nitrogens with two attached hydrogens (primary N) is 1. The van der Waals surface area contributed by atoms with Gasteiger partial charge in [-0.3, -0.25) is 0 Å². The quantitative estimate of drug-likeness (QED) is 0.818. The number of carbonyl (C=O) groups is 1. The van der Waals surface area contributed by atoms with Crippen molar-refractivity contribution in [3.63, 3.8) is 0 Å². The fraction of sp³-hybridized carbons (Fsp3) is 0.167. The zero-order valence-corrected chi connectivity index (χ0v) is 9.83. The Morgan fingerprint density at radius 1 is 1.33 bits per heavy atom. The van der Waals surface area contributed by atoms with Crippen LogP contribution >= 0.6 is 0 Å². The molecule has 2 aromatic rings. The summed E-state index contributed by atoms with van der Waals surface area (Å²) in [7, 11) is 0. The average Bonchev–Trinajstić information content (AvgIpc) is 2.39. The molecule has 1 heterocycles. The highest BCUT2D eigenvalue weighted by Crippen LogP contribution is 2.17. The van der Waals surface area contributed by atoms with Crippen LogP contribution in [0.2, 0.25) is 0 Å². The predicted octanol–water partition coefficient (Wildman–Crippen LogP) is 1.30. The Hall–Kier alpha value is -2.50. The second-order valence-electron chi connectivity index (χ2n) is 3.50. The minimum Gasteiger partial charge on any atom is -0.462 e. The predicted molar refractivity (Wildman–Crippen MR) is 65.6 cm³/mol. The summed E-state index contributed by atoms with van der Waals surface area (Å²) in [5.74, 6) is -0.230. The standard InChI is InChI=1S/C12H12N4O2/c1-2-18-11(17)9-5-3-8(4-6-9)10-7-14-16-12(13)15-10/h3-7H,2H2,1H3,(H2,13,15,16). The molecule has 18 heavy (non-hydrogen) atoms. The van der Waals surface area contributed by atoms with Crippen LogP contribution in [0.1, 0.15) is 17.3 Å². The van der Waals surface area contributed by atoms with Crippen molar-refractivity contribution in [2.24, 2.45) is 0 Å². The topological polar surface area (TPSA) is 91.0 Å². The zero-order chi connectivity index (χ0) is 13.0. The number of nitrogen functional groups attached to an aromatic ring is 1. The monoisotopic (exact) mass is 244 g/mol. The Balaban J connectivity index is 2.25. The fourth-order valence-electron chi connectivity index (χ4n) is 1.45. The molecule has 0 atom stereocenters. The van der Waals surface area contributed by atoms with Crippen LogP contribution in [0.4, 0.5) is 5.95 Å². The maximum absolute atomic E-state index is 11.5. The van der Waals surface area contributed by atoms with Crippen molar-refractivity contribution in [3.8, 4) is 11.3 Å². The summed E-state index contributed by atoms with van der Waals surface area (Å²) in [6.07, 6.45) is 1.51. The Bertz CT molecular complexity index is 554. The lowest BCUT2D eigenvalue weighted by Crippen LogP contribution is -2.04. The zero-order valence-electron chi connectivity index (χ0n) is 9.83. The minimum absolute atomic E-state index is 0.113. The molecule has 0 aliphatic carbocycles. The molecular formula is C12H12N4O2. The van der Waals surface area contributed by atoms with Gasteiger partial charge in [0.15, 0.2) is 0 Å². The van der Waals surface area contributed by atoms with E-state index in [4.69, 9.17) is 10.5 Å². The molecule has 2 N–H and O–H groups in total. The Morgan fingerprint density at radius 2 is 2.06 bits per heavy atom. The molecule has 2 rings (SSSR count). The van der Waals surface area contributed by atoms with E-state index in [-0.39, 0.29) is 11.9 Å². The number of rotatable bonds is 3. The van der Waals surface area contributed by atoms with Gasteiger partial charge in [0.2, 0.25) is 5.95 Å². The summed E-state index contributed by atoms with van der Waals surface area (Å²) in [4.78, 5) is 15.5. The molecular weight excluding hydrogens is 232 g/mol. The maximum atomic E-state index is 11.5. The van der Waals surface area contributed by atoms with Gasteiger partial charge in [-0.1, -0.05) is 12.1 Å². The van der Waals surface area contributed by atoms with Crippen molar-refractivity contribution >= 4 is 11.9 Å². The summed E-state index contributed by atoms with van der Waals surface area (Å²) < 4.78 is 4.90. The maximum Gasteiger partial charge on any atom is 0.338 e. The molecule has 0 saturated heterocycles. The number of esters is 1. The third-order valence-electron chi connectivity index (χ3n) is 2.27. The van der Waals surface area contributed by atoms with Gasteiger partial charge in [0, 0.05) is 5.56 Å². The van der Waals surface area contributed by atoms with Crippen LogP contribution in [0.25, 0.3) is 11.3 Å². The van der Waals surface area contributed by atoms with E-state index in [0.717, 1.165) is 5.56 Å². The Labute approximate surface area is 104 Å². The molecule has 0 aliphatic heterocycles. The number of benzene rings is 1. The number of anilines is 1. The first-order valence-corrected chi connectivity index (χ1v) is 5.43. The van der Waals surface area contributed by atoms with Crippen LogP contribution in [0.3, 0.4) is 0 Å². The Morgan fingerprint density at radius 3 is 2.67 bits per heavy atom.